The molecule has 0 spiro atoms. The van der Waals surface area contributed by atoms with Gasteiger partial charge in [0, 0.05) is 18.9 Å². The van der Waals surface area contributed by atoms with Crippen LogP contribution in [0.1, 0.15) is 61.0 Å². The van der Waals surface area contributed by atoms with Crippen molar-refractivity contribution < 1.29 is 9.53 Å². The first-order chi connectivity index (χ1) is 18.7. The number of nitrogens with one attached hydrogen (secondary N) is 2. The van der Waals surface area contributed by atoms with E-state index in [-0.39, 0.29) is 11.9 Å². The lowest BCUT2D eigenvalue weighted by molar-refractivity contribution is -0.121. The Kier molecular flexibility index (Phi) is 10.9. The number of hydrogen-bond donors (Lipinski definition) is 2. The van der Waals surface area contributed by atoms with Gasteiger partial charge in [-0.2, -0.15) is 5.21 Å². The fourth-order valence-electron chi connectivity index (χ4n) is 4.48. The smallest absolute Gasteiger partial charge is 0.220 e. The van der Waals surface area contributed by atoms with Crippen molar-refractivity contribution in [3.05, 3.63) is 107 Å². The number of amides is 1. The Hall–Kier alpha value is -4.00. The van der Waals surface area contributed by atoms with Crippen molar-refractivity contribution >= 4 is 5.91 Å². The molecule has 2 N–H and O–H groups in total. The van der Waals surface area contributed by atoms with Crippen molar-refractivity contribution in [1.29, 1.82) is 0 Å². The molecule has 0 fully saturated rings. The van der Waals surface area contributed by atoms with E-state index in [0.717, 1.165) is 61.8 Å². The number of carbonyl (C=O) groups excluding carboxylic acids is 1. The molecule has 0 aliphatic carbocycles. The van der Waals surface area contributed by atoms with Gasteiger partial charge in [0.05, 0.1) is 0 Å². The number of carbonyl (C=O) groups is 1. The first kappa shape index (κ1) is 27.0. The average molecular weight is 512 g/mol. The van der Waals surface area contributed by atoms with Crippen molar-refractivity contribution in [3.63, 3.8) is 0 Å². The minimum Gasteiger partial charge on any atom is -0.489 e. The van der Waals surface area contributed by atoms with Crippen LogP contribution in [0, 0.1) is 0 Å². The van der Waals surface area contributed by atoms with Crippen molar-refractivity contribution in [1.82, 2.24) is 25.9 Å². The molecule has 198 valence electrons. The molecular formula is C31H37N5O2. The van der Waals surface area contributed by atoms with Crippen LogP contribution in [-0.2, 0) is 30.7 Å². The summed E-state index contributed by atoms with van der Waals surface area (Å²) in [6.45, 7) is 0.538. The summed E-state index contributed by atoms with van der Waals surface area (Å²) in [6, 6.07) is 28.8. The number of aromatic nitrogens is 4. The molecular weight excluding hydrogens is 474 g/mol. The van der Waals surface area contributed by atoms with E-state index in [9.17, 15) is 4.79 Å². The van der Waals surface area contributed by atoms with Gasteiger partial charge < -0.3 is 10.1 Å². The third-order valence-corrected chi connectivity index (χ3v) is 6.59. The summed E-state index contributed by atoms with van der Waals surface area (Å²) in [7, 11) is 0. The quantitative estimate of drug-likeness (QED) is 0.190. The number of hydrogen-bond acceptors (Lipinski definition) is 5. The van der Waals surface area contributed by atoms with Crippen molar-refractivity contribution in [2.24, 2.45) is 0 Å². The lowest BCUT2D eigenvalue weighted by atomic mass is 10.0. The van der Waals surface area contributed by atoms with Crippen LogP contribution in [0.3, 0.4) is 0 Å². The molecule has 0 bridgehead atoms. The second-order valence-corrected chi connectivity index (χ2v) is 9.65. The number of aryl methyl sites for hydroxylation is 2. The number of aromatic amines is 1. The van der Waals surface area contributed by atoms with Crippen molar-refractivity contribution in [2.45, 2.75) is 70.4 Å². The van der Waals surface area contributed by atoms with Crippen LogP contribution in [0.4, 0.5) is 0 Å². The maximum absolute atomic E-state index is 12.8. The first-order valence-corrected chi connectivity index (χ1v) is 13.6. The Bertz CT molecular complexity index is 1180. The second kappa shape index (κ2) is 15.3. The van der Waals surface area contributed by atoms with Gasteiger partial charge in [-0.25, -0.2) is 0 Å². The fourth-order valence-corrected chi connectivity index (χ4v) is 4.48. The SMILES string of the molecule is O=C(CCCCCCc1ccccc1)N[C@@H](CCc1nn[nH]n1)Cc1ccc(OCc2ccccc2)cc1. The van der Waals surface area contributed by atoms with Gasteiger partial charge in [0.1, 0.15) is 12.4 Å². The second-order valence-electron chi connectivity index (χ2n) is 9.65. The molecule has 1 atom stereocenters. The summed E-state index contributed by atoms with van der Waals surface area (Å²) in [5, 5.41) is 17.5. The number of ether oxygens (including phenoxy) is 1. The highest BCUT2D eigenvalue weighted by atomic mass is 16.5. The third kappa shape index (κ3) is 9.81. The first-order valence-electron chi connectivity index (χ1n) is 13.6. The van der Waals surface area contributed by atoms with Gasteiger partial charge in [0.25, 0.3) is 0 Å². The van der Waals surface area contributed by atoms with Gasteiger partial charge in [-0.15, -0.1) is 10.2 Å². The molecule has 1 amide bonds. The van der Waals surface area contributed by atoms with Gasteiger partial charge in [-0.05, 0) is 60.9 Å². The van der Waals surface area contributed by atoms with Crippen LogP contribution in [-0.4, -0.2) is 32.6 Å². The molecule has 38 heavy (non-hydrogen) atoms. The van der Waals surface area contributed by atoms with Crippen molar-refractivity contribution in [2.75, 3.05) is 0 Å². The zero-order valence-corrected chi connectivity index (χ0v) is 21.9. The summed E-state index contributed by atoms with van der Waals surface area (Å²) in [5.41, 5.74) is 3.67. The largest absolute Gasteiger partial charge is 0.489 e. The number of nitrogens with zero attached hydrogens (tertiary/aromatic N) is 3. The van der Waals surface area contributed by atoms with E-state index in [4.69, 9.17) is 4.74 Å². The number of rotatable bonds is 16. The van der Waals surface area contributed by atoms with Gasteiger partial charge in [-0.1, -0.05) is 90.9 Å². The predicted molar refractivity (Wildman–Crippen MR) is 149 cm³/mol. The summed E-state index contributed by atoms with van der Waals surface area (Å²) in [6.07, 6.45) is 8.06. The number of tetrazole rings is 1. The minimum absolute atomic E-state index is 0.00447. The average Bonchev–Trinajstić information content (AvgIpc) is 3.48. The minimum atomic E-state index is -0.00447. The number of benzene rings is 3. The maximum Gasteiger partial charge on any atom is 0.220 e. The van der Waals surface area contributed by atoms with Gasteiger partial charge in [-0.3, -0.25) is 4.79 Å². The van der Waals surface area contributed by atoms with E-state index in [1.807, 2.05) is 36.4 Å². The Labute approximate surface area is 225 Å². The molecule has 7 nitrogen and oxygen atoms in total. The van der Waals surface area contributed by atoms with E-state index in [0.29, 0.717) is 25.3 Å². The van der Waals surface area contributed by atoms with Gasteiger partial charge in [0.2, 0.25) is 5.91 Å². The summed E-state index contributed by atoms with van der Waals surface area (Å²) in [5.74, 6) is 1.60. The molecule has 3 aromatic carbocycles. The molecule has 0 aliphatic rings. The van der Waals surface area contributed by atoms with Crippen LogP contribution < -0.4 is 10.1 Å². The highest BCUT2D eigenvalue weighted by molar-refractivity contribution is 5.76. The standard InChI is InChI=1S/C31H37N5O2/c37-31(16-10-2-1-5-11-25-12-6-3-7-13-25)32-28(19-22-30-33-35-36-34-30)23-26-17-20-29(21-18-26)38-24-27-14-8-4-9-15-27/h3-4,6-9,12-15,17-18,20-21,28H,1-2,5,10-11,16,19,22-24H2,(H,32,37)(H,33,34,35,36)/t28-/m0/s1. The summed E-state index contributed by atoms with van der Waals surface area (Å²) < 4.78 is 5.91. The lowest BCUT2D eigenvalue weighted by Crippen LogP contribution is -2.36. The molecule has 4 aromatic rings. The Morgan fingerprint density at radius 1 is 0.789 bits per heavy atom. The van der Waals surface area contributed by atoms with Crippen molar-refractivity contribution in [3.8, 4) is 5.75 Å². The third-order valence-electron chi connectivity index (χ3n) is 6.59. The van der Waals surface area contributed by atoms with E-state index >= 15 is 0 Å². The zero-order chi connectivity index (χ0) is 26.3. The fraction of sp³-hybridized carbons (Fsp3) is 0.355. The monoisotopic (exact) mass is 511 g/mol. The topological polar surface area (TPSA) is 92.8 Å². The maximum atomic E-state index is 12.8. The van der Waals surface area contributed by atoms with E-state index < -0.39 is 0 Å². The normalized spacial score (nSPS) is 11.7. The summed E-state index contributed by atoms with van der Waals surface area (Å²) >= 11 is 0. The van der Waals surface area contributed by atoms with Crippen LogP contribution >= 0.6 is 0 Å². The number of unbranched alkanes of at least 4 members (excludes halogenated alkanes) is 3. The van der Waals surface area contributed by atoms with Gasteiger partial charge in [0.15, 0.2) is 5.82 Å². The summed E-state index contributed by atoms with van der Waals surface area (Å²) in [4.78, 5) is 12.8. The lowest BCUT2D eigenvalue weighted by Gasteiger charge is -2.19. The highest BCUT2D eigenvalue weighted by Crippen LogP contribution is 2.17. The molecule has 0 saturated carbocycles. The van der Waals surface area contributed by atoms with E-state index in [1.165, 1.54) is 5.56 Å². The van der Waals surface area contributed by atoms with E-state index in [2.05, 4.69) is 74.5 Å². The molecule has 0 radical (unpaired) electrons. The Morgan fingerprint density at radius 3 is 2.21 bits per heavy atom. The predicted octanol–water partition coefficient (Wildman–Crippen LogP) is 5.63. The van der Waals surface area contributed by atoms with Crippen LogP contribution in [0.15, 0.2) is 84.9 Å². The molecule has 7 heteroatoms. The van der Waals surface area contributed by atoms with Crippen LogP contribution in [0.2, 0.25) is 0 Å². The van der Waals surface area contributed by atoms with E-state index in [1.54, 1.807) is 0 Å². The highest BCUT2D eigenvalue weighted by Gasteiger charge is 2.15. The molecule has 0 saturated heterocycles. The van der Waals surface area contributed by atoms with Crippen LogP contribution in [0.5, 0.6) is 5.75 Å². The van der Waals surface area contributed by atoms with Gasteiger partial charge >= 0.3 is 0 Å². The molecule has 4 rings (SSSR count). The molecule has 0 unspecified atom stereocenters. The molecule has 0 aliphatic heterocycles. The molecule has 1 heterocycles. The molecule has 1 aromatic heterocycles. The zero-order valence-electron chi connectivity index (χ0n) is 21.9. The Balaban J connectivity index is 1.21. The van der Waals surface area contributed by atoms with Crippen LogP contribution in [0.25, 0.3) is 0 Å². The number of H-pyrrole nitrogens is 1. The Morgan fingerprint density at radius 2 is 1.50 bits per heavy atom.